The summed E-state index contributed by atoms with van der Waals surface area (Å²) in [5.74, 6) is 1.40. The molecule has 2 atom stereocenters. The van der Waals surface area contributed by atoms with Crippen molar-refractivity contribution in [3.05, 3.63) is 96.3 Å². The molecule has 4 aromatic rings. The van der Waals surface area contributed by atoms with Crippen molar-refractivity contribution in [3.63, 3.8) is 0 Å². The maximum Gasteiger partial charge on any atom is 0.411 e. The first kappa shape index (κ1) is 25.6. The molecule has 2 aromatic heterocycles. The Labute approximate surface area is 223 Å². The predicted octanol–water partition coefficient (Wildman–Crippen LogP) is 5.60. The van der Waals surface area contributed by atoms with Gasteiger partial charge in [-0.05, 0) is 44.4 Å². The van der Waals surface area contributed by atoms with Crippen LogP contribution in [0.5, 0.6) is 0 Å². The quantitative estimate of drug-likeness (QED) is 0.347. The number of hydrogen-bond donors (Lipinski definition) is 1. The summed E-state index contributed by atoms with van der Waals surface area (Å²) in [4.78, 5) is 28.3. The van der Waals surface area contributed by atoms with E-state index in [0.29, 0.717) is 25.3 Å². The minimum atomic E-state index is -0.987. The van der Waals surface area contributed by atoms with Gasteiger partial charge in [0.05, 0.1) is 11.6 Å². The summed E-state index contributed by atoms with van der Waals surface area (Å²) < 4.78 is 7.97. The second-order valence-electron chi connectivity index (χ2n) is 10.6. The van der Waals surface area contributed by atoms with Gasteiger partial charge in [0.2, 0.25) is 5.95 Å². The van der Waals surface area contributed by atoms with E-state index >= 15 is 0 Å². The van der Waals surface area contributed by atoms with E-state index in [2.05, 4.69) is 15.0 Å². The molecule has 1 saturated heterocycles. The number of aryl methyl sites for hydroxylation is 1. The Morgan fingerprint density at radius 2 is 1.71 bits per heavy atom. The van der Waals surface area contributed by atoms with Crippen molar-refractivity contribution in [1.29, 1.82) is 0 Å². The van der Waals surface area contributed by atoms with Crippen LogP contribution in [0.2, 0.25) is 0 Å². The number of benzene rings is 2. The van der Waals surface area contributed by atoms with Crippen LogP contribution in [0.15, 0.2) is 79.4 Å². The molecule has 1 aliphatic rings. The molecule has 1 fully saturated rings. The molecule has 1 aliphatic heterocycles. The van der Waals surface area contributed by atoms with Crippen LogP contribution in [0.1, 0.15) is 56.6 Å². The molecule has 5 rings (SSSR count). The molecule has 0 spiro atoms. The average Bonchev–Trinajstić information content (AvgIpc) is 3.34. The van der Waals surface area contributed by atoms with E-state index in [0.717, 1.165) is 28.1 Å². The molecular weight excluding hydrogens is 478 g/mol. The number of carbonyl (C=O) groups is 1. The summed E-state index contributed by atoms with van der Waals surface area (Å²) in [6, 6.07) is 17.6. The zero-order chi connectivity index (χ0) is 26.9. The molecule has 1 N–H and O–H groups in total. The van der Waals surface area contributed by atoms with Gasteiger partial charge in [0.1, 0.15) is 11.4 Å². The fourth-order valence-corrected chi connectivity index (χ4v) is 5.21. The zero-order valence-corrected chi connectivity index (χ0v) is 22.2. The molecule has 0 saturated carbocycles. The minimum absolute atomic E-state index is 0.171. The first-order chi connectivity index (χ1) is 18.2. The predicted molar refractivity (Wildman–Crippen MR) is 145 cm³/mol. The molecule has 1 amide bonds. The molecule has 8 heteroatoms. The third-order valence-corrected chi connectivity index (χ3v) is 7.17. The van der Waals surface area contributed by atoms with E-state index in [1.165, 1.54) is 0 Å². The number of cyclic esters (lactones) is 1. The van der Waals surface area contributed by atoms with Gasteiger partial charge in [-0.2, -0.15) is 0 Å². The molecule has 0 unspecified atom stereocenters. The Hall–Kier alpha value is -4.04. The lowest BCUT2D eigenvalue weighted by atomic mass is 9.80. The van der Waals surface area contributed by atoms with Crippen LogP contribution in [0, 0.1) is 6.92 Å². The summed E-state index contributed by atoms with van der Waals surface area (Å²) >= 11 is 0. The first-order valence-electron chi connectivity index (χ1n) is 12.9. The third kappa shape index (κ3) is 5.17. The number of nitrogens with zero attached hydrogens (tertiary/aromatic N) is 5. The van der Waals surface area contributed by atoms with E-state index in [4.69, 9.17) is 4.74 Å². The molecule has 38 heavy (non-hydrogen) atoms. The van der Waals surface area contributed by atoms with E-state index in [9.17, 15) is 9.90 Å². The van der Waals surface area contributed by atoms with Gasteiger partial charge in [-0.25, -0.2) is 19.7 Å². The van der Waals surface area contributed by atoms with E-state index in [-0.39, 0.29) is 12.1 Å². The number of hydrogen-bond acceptors (Lipinski definition) is 6. The maximum absolute atomic E-state index is 13.3. The van der Waals surface area contributed by atoms with E-state index in [1.807, 2.05) is 79.2 Å². The fourth-order valence-electron chi connectivity index (χ4n) is 5.21. The lowest BCUT2D eigenvalue weighted by Crippen LogP contribution is -2.51. The highest BCUT2D eigenvalue weighted by Crippen LogP contribution is 2.42. The third-order valence-electron chi connectivity index (χ3n) is 7.17. The lowest BCUT2D eigenvalue weighted by Gasteiger charge is -2.45. The standard InChI is InChI=1S/C30H33N5O3/c1-21(34-16-14-30(38-28(34)36,20-29(3,4)37)26-8-6-5-7-9-26)23-10-12-24(13-11-23)25-18-32-27(33-19-25)35-17-15-31-22(35)2/h5-13,15,17-19,21,37H,14,16,20H2,1-4H3/t21-,30-/m0/s1. The highest BCUT2D eigenvalue weighted by molar-refractivity contribution is 5.70. The molecule has 2 aromatic carbocycles. The van der Waals surface area contributed by atoms with Crippen LogP contribution < -0.4 is 0 Å². The van der Waals surface area contributed by atoms with E-state index in [1.54, 1.807) is 37.3 Å². The van der Waals surface area contributed by atoms with Crippen molar-refractivity contribution in [1.82, 2.24) is 24.4 Å². The maximum atomic E-state index is 13.3. The van der Waals surface area contributed by atoms with Crippen molar-refractivity contribution in [2.75, 3.05) is 6.54 Å². The number of ether oxygens (including phenoxy) is 1. The first-order valence-corrected chi connectivity index (χ1v) is 12.9. The Bertz CT molecular complexity index is 1390. The molecule has 3 heterocycles. The number of imidazole rings is 1. The van der Waals surface area contributed by atoms with Crippen molar-refractivity contribution in [2.24, 2.45) is 0 Å². The van der Waals surface area contributed by atoms with Gasteiger partial charge in [-0.3, -0.25) is 4.57 Å². The second-order valence-corrected chi connectivity index (χ2v) is 10.6. The van der Waals surface area contributed by atoms with Gasteiger partial charge < -0.3 is 14.7 Å². The topological polar surface area (TPSA) is 93.4 Å². The Morgan fingerprint density at radius 1 is 1.03 bits per heavy atom. The summed E-state index contributed by atoms with van der Waals surface area (Å²) in [6.07, 6.45) is 7.70. The van der Waals surface area contributed by atoms with Gasteiger partial charge in [-0.1, -0.05) is 54.6 Å². The zero-order valence-electron chi connectivity index (χ0n) is 22.2. The van der Waals surface area contributed by atoms with Gasteiger partial charge in [-0.15, -0.1) is 0 Å². The van der Waals surface area contributed by atoms with Gasteiger partial charge >= 0.3 is 6.09 Å². The smallest absolute Gasteiger partial charge is 0.411 e. The second kappa shape index (κ2) is 10.0. The lowest BCUT2D eigenvalue weighted by molar-refractivity contribution is -0.101. The van der Waals surface area contributed by atoms with Crippen molar-refractivity contribution in [3.8, 4) is 17.1 Å². The molecule has 8 nitrogen and oxygen atoms in total. The van der Waals surface area contributed by atoms with E-state index < -0.39 is 11.2 Å². The Morgan fingerprint density at radius 3 is 2.29 bits per heavy atom. The van der Waals surface area contributed by atoms with Crippen LogP contribution in [-0.2, 0) is 10.3 Å². The van der Waals surface area contributed by atoms with Crippen molar-refractivity contribution < 1.29 is 14.6 Å². The fraction of sp³-hybridized carbons (Fsp3) is 0.333. The average molecular weight is 512 g/mol. The van der Waals surface area contributed by atoms with Gasteiger partial charge in [0, 0.05) is 49.7 Å². The molecular formula is C30H33N5O3. The summed E-state index contributed by atoms with van der Waals surface area (Å²) in [5, 5.41) is 10.6. The van der Waals surface area contributed by atoms with Crippen LogP contribution in [0.4, 0.5) is 4.79 Å². The monoisotopic (exact) mass is 511 g/mol. The molecule has 0 aliphatic carbocycles. The Kier molecular flexibility index (Phi) is 6.75. The minimum Gasteiger partial charge on any atom is -0.438 e. The molecule has 0 radical (unpaired) electrons. The number of aliphatic hydroxyl groups is 1. The molecule has 196 valence electrons. The number of amides is 1. The summed E-state index contributed by atoms with van der Waals surface area (Å²) in [7, 11) is 0. The van der Waals surface area contributed by atoms with Crippen LogP contribution in [0.25, 0.3) is 17.1 Å². The number of aromatic nitrogens is 4. The molecule has 0 bridgehead atoms. The summed E-state index contributed by atoms with van der Waals surface area (Å²) in [5.41, 5.74) is 1.96. The highest BCUT2D eigenvalue weighted by atomic mass is 16.6. The number of rotatable bonds is 7. The van der Waals surface area contributed by atoms with Crippen LogP contribution in [-0.4, -0.2) is 47.8 Å². The Balaban J connectivity index is 1.31. The number of carbonyl (C=O) groups excluding carboxylic acids is 1. The normalized spacial score (nSPS) is 18.8. The van der Waals surface area contributed by atoms with Crippen molar-refractivity contribution in [2.45, 2.75) is 57.8 Å². The largest absolute Gasteiger partial charge is 0.438 e. The van der Waals surface area contributed by atoms with Crippen molar-refractivity contribution >= 4 is 6.09 Å². The SMILES string of the molecule is Cc1nccn1-c1ncc(-c2ccc([C@H](C)N3CC[C@](CC(C)(C)O)(c4ccccc4)OC3=O)cc2)cn1. The highest BCUT2D eigenvalue weighted by Gasteiger charge is 2.46. The van der Waals surface area contributed by atoms with Gasteiger partial charge in [0.15, 0.2) is 0 Å². The van der Waals surface area contributed by atoms with Crippen LogP contribution in [0.3, 0.4) is 0 Å². The summed E-state index contributed by atoms with van der Waals surface area (Å²) in [6.45, 7) is 7.94. The van der Waals surface area contributed by atoms with Crippen LogP contribution >= 0.6 is 0 Å². The van der Waals surface area contributed by atoms with Gasteiger partial charge in [0.25, 0.3) is 0 Å².